The highest BCUT2D eigenvalue weighted by atomic mass is 19.4. The lowest BCUT2D eigenvalue weighted by atomic mass is 10.0. The van der Waals surface area contributed by atoms with E-state index in [1.165, 1.54) is 29.4 Å². The number of hydrogen-bond acceptors (Lipinski definition) is 4. The Bertz CT molecular complexity index is 1700. The molecule has 0 fully saturated rings. The number of rotatable bonds is 10. The van der Waals surface area contributed by atoms with Gasteiger partial charge in [-0.05, 0) is 54.4 Å². The van der Waals surface area contributed by atoms with Crippen LogP contribution in [0.15, 0.2) is 82.2 Å². The van der Waals surface area contributed by atoms with Crippen molar-refractivity contribution >= 4 is 22.8 Å². The molecular formula is C32H27F7N2O4. The quantitative estimate of drug-likeness (QED) is 0.170. The summed E-state index contributed by atoms with van der Waals surface area (Å²) in [6.07, 6.45) is -8.39. The van der Waals surface area contributed by atoms with E-state index in [1.807, 2.05) is 0 Å². The number of carbonyl (C=O) groups excluding carboxylic acids is 2. The highest BCUT2D eigenvalue weighted by Gasteiger charge is 2.38. The van der Waals surface area contributed by atoms with Crippen molar-refractivity contribution in [2.45, 2.75) is 45.2 Å². The number of para-hydroxylation sites is 1. The summed E-state index contributed by atoms with van der Waals surface area (Å²) in [5.74, 6) is -2.51. The summed E-state index contributed by atoms with van der Waals surface area (Å²) in [6.45, 7) is 0.387. The molecule has 0 radical (unpaired) electrons. The summed E-state index contributed by atoms with van der Waals surface area (Å²) in [6, 6.07) is 12.1. The van der Waals surface area contributed by atoms with Crippen LogP contribution in [-0.4, -0.2) is 34.7 Å². The molecule has 238 valence electrons. The second-order valence-electron chi connectivity index (χ2n) is 10.3. The molecule has 2 amide bonds. The third-order valence-corrected chi connectivity index (χ3v) is 6.98. The Morgan fingerprint density at radius 2 is 1.44 bits per heavy atom. The molecule has 13 heteroatoms. The first kappa shape index (κ1) is 33.2. The third-order valence-electron chi connectivity index (χ3n) is 6.98. The van der Waals surface area contributed by atoms with E-state index >= 15 is 0 Å². The van der Waals surface area contributed by atoms with Crippen LogP contribution >= 0.6 is 0 Å². The van der Waals surface area contributed by atoms with Crippen LogP contribution in [0.1, 0.15) is 52.4 Å². The Hall–Kier alpha value is -4.68. The molecule has 4 aromatic rings. The largest absolute Gasteiger partial charge is 0.464 e. The van der Waals surface area contributed by atoms with E-state index in [0.717, 1.165) is 17.0 Å². The van der Waals surface area contributed by atoms with Gasteiger partial charge in [-0.3, -0.25) is 14.4 Å². The fourth-order valence-corrected chi connectivity index (χ4v) is 4.60. The van der Waals surface area contributed by atoms with E-state index in [0.29, 0.717) is 29.7 Å². The van der Waals surface area contributed by atoms with Gasteiger partial charge >= 0.3 is 12.4 Å². The van der Waals surface area contributed by atoms with Crippen molar-refractivity contribution in [3.05, 3.63) is 117 Å². The first-order valence-corrected chi connectivity index (χ1v) is 13.8. The van der Waals surface area contributed by atoms with E-state index in [1.54, 1.807) is 25.1 Å². The van der Waals surface area contributed by atoms with Crippen LogP contribution < -0.4 is 5.43 Å². The Balaban J connectivity index is 1.70. The highest BCUT2D eigenvalue weighted by molar-refractivity contribution is 5.97. The van der Waals surface area contributed by atoms with Crippen LogP contribution in [0.4, 0.5) is 30.7 Å². The number of halogens is 7. The lowest BCUT2D eigenvalue weighted by molar-refractivity contribution is -0.143. The van der Waals surface area contributed by atoms with Crippen molar-refractivity contribution in [3.63, 3.8) is 0 Å². The monoisotopic (exact) mass is 636 g/mol. The molecule has 0 aliphatic rings. The first-order chi connectivity index (χ1) is 21.2. The second-order valence-corrected chi connectivity index (χ2v) is 10.3. The molecule has 0 aliphatic carbocycles. The molecule has 1 heterocycles. The number of hydrogen-bond donors (Lipinski definition) is 0. The van der Waals surface area contributed by atoms with Crippen molar-refractivity contribution in [2.24, 2.45) is 0 Å². The Kier molecular flexibility index (Phi) is 9.99. The van der Waals surface area contributed by atoms with Gasteiger partial charge in [-0.15, -0.1) is 0 Å². The van der Waals surface area contributed by atoms with Gasteiger partial charge in [-0.2, -0.15) is 26.3 Å². The van der Waals surface area contributed by atoms with Crippen molar-refractivity contribution in [1.29, 1.82) is 0 Å². The maximum absolute atomic E-state index is 13.7. The maximum atomic E-state index is 13.7. The lowest BCUT2D eigenvalue weighted by Gasteiger charge is -2.28. The van der Waals surface area contributed by atoms with Crippen LogP contribution in [0.5, 0.6) is 0 Å². The maximum Gasteiger partial charge on any atom is 0.416 e. The number of nitrogens with zero attached hydrogens (tertiary/aromatic N) is 2. The van der Waals surface area contributed by atoms with Crippen LogP contribution in [0.3, 0.4) is 0 Å². The van der Waals surface area contributed by atoms with Crippen LogP contribution in [0.25, 0.3) is 11.0 Å². The predicted molar refractivity (Wildman–Crippen MR) is 150 cm³/mol. The van der Waals surface area contributed by atoms with Gasteiger partial charge in [0.2, 0.25) is 5.91 Å². The van der Waals surface area contributed by atoms with Gasteiger partial charge in [0.05, 0.1) is 34.9 Å². The van der Waals surface area contributed by atoms with E-state index in [2.05, 4.69) is 0 Å². The van der Waals surface area contributed by atoms with Crippen molar-refractivity contribution < 1.29 is 44.7 Å². The molecule has 1 aromatic heterocycles. The predicted octanol–water partition coefficient (Wildman–Crippen LogP) is 7.44. The zero-order valence-electron chi connectivity index (χ0n) is 23.8. The zero-order chi connectivity index (χ0) is 32.9. The van der Waals surface area contributed by atoms with E-state index in [4.69, 9.17) is 4.42 Å². The SMILES string of the molecule is CCCCN(CC(=O)N(Cc1ccc(F)cc1)Cc1coc2ccccc2c1=O)C(=O)c1cc(C(F)(F)F)cc(C(F)(F)F)c1. The molecule has 0 atom stereocenters. The molecule has 6 nitrogen and oxygen atoms in total. The second kappa shape index (κ2) is 13.5. The molecule has 0 N–H and O–H groups in total. The number of fused-ring (bicyclic) bond motifs is 1. The Labute approximate surface area is 252 Å². The molecule has 3 aromatic carbocycles. The van der Waals surface area contributed by atoms with Crippen molar-refractivity contribution in [1.82, 2.24) is 9.80 Å². The number of amides is 2. The normalized spacial score (nSPS) is 11.9. The summed E-state index contributed by atoms with van der Waals surface area (Å²) in [4.78, 5) is 42.4. The van der Waals surface area contributed by atoms with Crippen LogP contribution in [0, 0.1) is 5.82 Å². The topological polar surface area (TPSA) is 70.8 Å². The standard InChI is InChI=1S/C32H27F7N2O4/c1-2-3-12-40(30(44)21-13-23(31(34,35)36)15-24(14-21)32(37,38)39)18-28(42)41(16-20-8-10-25(33)11-9-20)17-22-19-45-27-7-5-4-6-26(27)29(22)43/h4-11,13-15,19H,2-3,12,16-18H2,1H3. The molecule has 45 heavy (non-hydrogen) atoms. The summed E-state index contributed by atoms with van der Waals surface area (Å²) < 4.78 is 100.0. The number of unbranched alkanes of at least 4 members (excludes halogenated alkanes) is 1. The Morgan fingerprint density at radius 3 is 2.04 bits per heavy atom. The van der Waals surface area contributed by atoms with Gasteiger partial charge in [-0.1, -0.05) is 37.6 Å². The molecule has 0 saturated heterocycles. The summed E-state index contributed by atoms with van der Waals surface area (Å²) in [5.41, 5.74) is -3.82. The molecule has 0 bridgehead atoms. The molecule has 0 unspecified atom stereocenters. The summed E-state index contributed by atoms with van der Waals surface area (Å²) in [5, 5.41) is 0.244. The minimum Gasteiger partial charge on any atom is -0.464 e. The number of carbonyl (C=O) groups is 2. The van der Waals surface area contributed by atoms with Crippen LogP contribution in [-0.2, 0) is 30.2 Å². The molecule has 0 saturated carbocycles. The van der Waals surface area contributed by atoms with Gasteiger partial charge in [0.25, 0.3) is 5.91 Å². The van der Waals surface area contributed by atoms with Gasteiger partial charge in [0, 0.05) is 18.7 Å². The van der Waals surface area contributed by atoms with Crippen molar-refractivity contribution in [3.8, 4) is 0 Å². The smallest absolute Gasteiger partial charge is 0.416 e. The minimum atomic E-state index is -5.17. The van der Waals surface area contributed by atoms with Crippen LogP contribution in [0.2, 0.25) is 0 Å². The van der Waals surface area contributed by atoms with Crippen molar-refractivity contribution in [2.75, 3.05) is 13.1 Å². The Morgan fingerprint density at radius 1 is 0.822 bits per heavy atom. The van der Waals surface area contributed by atoms with E-state index < -0.39 is 58.6 Å². The minimum absolute atomic E-state index is 0.0725. The van der Waals surface area contributed by atoms with Gasteiger partial charge < -0.3 is 14.2 Å². The van der Waals surface area contributed by atoms with Gasteiger partial charge in [0.15, 0.2) is 5.43 Å². The average molecular weight is 637 g/mol. The average Bonchev–Trinajstić information content (AvgIpc) is 2.99. The molecule has 0 spiro atoms. The summed E-state index contributed by atoms with van der Waals surface area (Å²) in [7, 11) is 0. The molecule has 4 rings (SSSR count). The van der Waals surface area contributed by atoms with E-state index in [9.17, 15) is 45.1 Å². The third kappa shape index (κ3) is 8.28. The number of alkyl halides is 6. The molecular weight excluding hydrogens is 609 g/mol. The summed E-state index contributed by atoms with van der Waals surface area (Å²) >= 11 is 0. The fraction of sp³-hybridized carbons (Fsp3) is 0.281. The fourth-order valence-electron chi connectivity index (χ4n) is 4.60. The highest BCUT2D eigenvalue weighted by Crippen LogP contribution is 2.36. The number of benzene rings is 3. The molecule has 0 aliphatic heterocycles. The van der Waals surface area contributed by atoms with Gasteiger partial charge in [0.1, 0.15) is 17.9 Å². The van der Waals surface area contributed by atoms with E-state index in [-0.39, 0.29) is 43.1 Å². The lowest BCUT2D eigenvalue weighted by Crippen LogP contribution is -2.43. The van der Waals surface area contributed by atoms with Gasteiger partial charge in [-0.25, -0.2) is 4.39 Å². The zero-order valence-corrected chi connectivity index (χ0v) is 23.8. The first-order valence-electron chi connectivity index (χ1n) is 13.8.